The molecule has 0 unspecified atom stereocenters. The number of para-hydroxylation sites is 1. The van der Waals surface area contributed by atoms with Gasteiger partial charge in [-0.25, -0.2) is 9.97 Å². The van der Waals surface area contributed by atoms with Gasteiger partial charge in [-0.05, 0) is 43.7 Å². The maximum Gasteiger partial charge on any atom is 0.141 e. The average molecular weight is 381 g/mol. The largest absolute Gasteiger partial charge is 0.367 e. The Morgan fingerprint density at radius 3 is 2.65 bits per heavy atom. The van der Waals surface area contributed by atoms with Crippen LogP contribution >= 0.6 is 22.6 Å². The lowest BCUT2D eigenvalue weighted by atomic mass is 9.87. The molecule has 1 N–H and O–H groups in total. The first-order chi connectivity index (χ1) is 9.76. The molecule has 1 aromatic carbocycles. The third-order valence-corrected chi connectivity index (χ3v) is 4.81. The van der Waals surface area contributed by atoms with Crippen LogP contribution in [0.2, 0.25) is 0 Å². The van der Waals surface area contributed by atoms with E-state index in [1.807, 2.05) is 6.07 Å². The smallest absolute Gasteiger partial charge is 0.141 e. The van der Waals surface area contributed by atoms with Crippen LogP contribution in [0, 0.1) is 5.92 Å². The van der Waals surface area contributed by atoms with Crippen LogP contribution in [0.3, 0.4) is 0 Å². The molecule has 1 aliphatic rings. The van der Waals surface area contributed by atoms with Crippen LogP contribution in [0.25, 0.3) is 10.9 Å². The molecule has 1 aliphatic carbocycles. The van der Waals surface area contributed by atoms with E-state index in [4.69, 9.17) is 4.98 Å². The highest BCUT2D eigenvalue weighted by Crippen LogP contribution is 2.28. The van der Waals surface area contributed by atoms with Crippen molar-refractivity contribution >= 4 is 39.3 Å². The Bertz CT molecular complexity index is 591. The van der Waals surface area contributed by atoms with Gasteiger partial charge in [0.05, 0.1) is 9.94 Å². The van der Waals surface area contributed by atoms with Gasteiger partial charge >= 0.3 is 0 Å². The summed E-state index contributed by atoms with van der Waals surface area (Å²) in [5.41, 5.74) is 1.04. The molecule has 1 fully saturated rings. The lowest BCUT2D eigenvalue weighted by Crippen LogP contribution is -2.26. The maximum absolute atomic E-state index is 4.70. The van der Waals surface area contributed by atoms with Crippen LogP contribution in [0.5, 0.6) is 0 Å². The number of aromatic nitrogens is 2. The summed E-state index contributed by atoms with van der Waals surface area (Å²) in [5.74, 6) is 2.80. The van der Waals surface area contributed by atoms with Gasteiger partial charge in [0.1, 0.15) is 11.6 Å². The van der Waals surface area contributed by atoms with Gasteiger partial charge in [-0.3, -0.25) is 0 Å². The highest BCUT2D eigenvalue weighted by Gasteiger charge is 2.19. The number of hydrogen-bond donors (Lipinski definition) is 1. The van der Waals surface area contributed by atoms with E-state index >= 15 is 0 Å². The number of fused-ring (bicyclic) bond motifs is 1. The van der Waals surface area contributed by atoms with Crippen molar-refractivity contribution in [3.8, 4) is 0 Å². The number of halogens is 1. The van der Waals surface area contributed by atoms with Gasteiger partial charge in [0.25, 0.3) is 0 Å². The first kappa shape index (κ1) is 14.0. The molecule has 0 saturated heterocycles. The van der Waals surface area contributed by atoms with Crippen molar-refractivity contribution in [1.82, 2.24) is 9.97 Å². The minimum Gasteiger partial charge on any atom is -0.367 e. The predicted octanol–water partition coefficient (Wildman–Crippen LogP) is 4.56. The number of alkyl halides is 1. The zero-order valence-electron chi connectivity index (χ0n) is 11.8. The van der Waals surface area contributed by atoms with Crippen LogP contribution in [-0.4, -0.2) is 16.0 Å². The number of benzene rings is 1. The summed E-state index contributed by atoms with van der Waals surface area (Å²) < 4.78 is 0.846. The van der Waals surface area contributed by atoms with Crippen LogP contribution in [0.1, 0.15) is 38.4 Å². The van der Waals surface area contributed by atoms with E-state index in [0.717, 1.165) is 32.9 Å². The number of hydrogen-bond acceptors (Lipinski definition) is 3. The van der Waals surface area contributed by atoms with Gasteiger partial charge in [-0.1, -0.05) is 41.6 Å². The van der Waals surface area contributed by atoms with Crippen molar-refractivity contribution in [3.05, 3.63) is 30.1 Å². The fourth-order valence-electron chi connectivity index (χ4n) is 2.89. The van der Waals surface area contributed by atoms with E-state index in [2.05, 4.69) is 58.0 Å². The molecule has 2 aromatic rings. The highest BCUT2D eigenvalue weighted by atomic mass is 127. The van der Waals surface area contributed by atoms with E-state index in [1.54, 1.807) is 0 Å². The third-order valence-electron chi connectivity index (χ3n) is 4.13. The lowest BCUT2D eigenvalue weighted by molar-refractivity contribution is 0.361. The zero-order valence-corrected chi connectivity index (χ0v) is 13.9. The first-order valence-electron chi connectivity index (χ1n) is 7.34. The van der Waals surface area contributed by atoms with Crippen LogP contribution in [0.15, 0.2) is 24.3 Å². The van der Waals surface area contributed by atoms with Gasteiger partial charge in [-0.2, -0.15) is 0 Å². The summed E-state index contributed by atoms with van der Waals surface area (Å²) in [5, 5.41) is 4.80. The summed E-state index contributed by atoms with van der Waals surface area (Å²) in [4.78, 5) is 9.30. The van der Waals surface area contributed by atoms with Crippen LogP contribution in [0.4, 0.5) is 5.82 Å². The molecule has 0 radical (unpaired) electrons. The Morgan fingerprint density at radius 1 is 1.15 bits per heavy atom. The molecule has 3 rings (SSSR count). The van der Waals surface area contributed by atoms with Gasteiger partial charge in [-0.15, -0.1) is 0 Å². The number of nitrogens with zero attached hydrogens (tertiary/aromatic N) is 2. The molecule has 1 heterocycles. The molecule has 106 valence electrons. The highest BCUT2D eigenvalue weighted by molar-refractivity contribution is 14.1. The van der Waals surface area contributed by atoms with E-state index in [0.29, 0.717) is 6.04 Å². The summed E-state index contributed by atoms with van der Waals surface area (Å²) in [6.07, 6.45) is 5.14. The normalized spacial score (nSPS) is 22.9. The average Bonchev–Trinajstić information content (AvgIpc) is 2.49. The number of anilines is 1. The predicted molar refractivity (Wildman–Crippen MR) is 92.3 cm³/mol. The summed E-state index contributed by atoms with van der Waals surface area (Å²) in [6.45, 7) is 2.35. The lowest BCUT2D eigenvalue weighted by Gasteiger charge is -2.27. The Hall–Kier alpha value is -0.910. The Labute approximate surface area is 133 Å². The molecule has 3 nitrogen and oxygen atoms in total. The Morgan fingerprint density at radius 2 is 1.90 bits per heavy atom. The number of rotatable bonds is 3. The van der Waals surface area contributed by atoms with Crippen molar-refractivity contribution in [2.75, 3.05) is 5.32 Å². The van der Waals surface area contributed by atoms with Crippen molar-refractivity contribution in [3.63, 3.8) is 0 Å². The fraction of sp³-hybridized carbons (Fsp3) is 0.500. The first-order valence-corrected chi connectivity index (χ1v) is 8.87. The van der Waals surface area contributed by atoms with E-state index in [-0.39, 0.29) is 0 Å². The van der Waals surface area contributed by atoms with Gasteiger partial charge in [0.2, 0.25) is 0 Å². The molecule has 20 heavy (non-hydrogen) atoms. The maximum atomic E-state index is 4.70. The SMILES string of the molecule is CC1CCC(Nc2nc(CI)nc3ccccc23)CC1. The minimum absolute atomic E-state index is 0.562. The van der Waals surface area contributed by atoms with Gasteiger partial charge in [0.15, 0.2) is 0 Å². The molecule has 0 atom stereocenters. The zero-order chi connectivity index (χ0) is 13.9. The van der Waals surface area contributed by atoms with Gasteiger partial charge < -0.3 is 5.32 Å². The van der Waals surface area contributed by atoms with Crippen molar-refractivity contribution in [2.45, 2.75) is 43.1 Å². The summed E-state index contributed by atoms with van der Waals surface area (Å²) in [7, 11) is 0. The Balaban J connectivity index is 1.89. The molecular formula is C16H20IN3. The quantitative estimate of drug-likeness (QED) is 0.626. The van der Waals surface area contributed by atoms with Crippen molar-refractivity contribution < 1.29 is 0 Å². The molecule has 0 aliphatic heterocycles. The second kappa shape index (κ2) is 6.24. The standard InChI is InChI=1S/C16H20IN3/c1-11-6-8-12(9-7-11)18-16-13-4-2-3-5-14(13)19-15(10-17)20-16/h2-5,11-12H,6-10H2,1H3,(H,18,19,20). The number of nitrogens with one attached hydrogen (secondary N) is 1. The molecule has 0 bridgehead atoms. The minimum atomic E-state index is 0.562. The molecule has 4 heteroatoms. The summed E-state index contributed by atoms with van der Waals surface area (Å²) in [6, 6.07) is 8.84. The second-order valence-electron chi connectivity index (χ2n) is 5.74. The third kappa shape index (κ3) is 3.05. The van der Waals surface area contributed by atoms with Gasteiger partial charge in [0, 0.05) is 11.4 Å². The van der Waals surface area contributed by atoms with Crippen LogP contribution in [-0.2, 0) is 4.43 Å². The Kier molecular flexibility index (Phi) is 4.38. The van der Waals surface area contributed by atoms with Crippen molar-refractivity contribution in [2.24, 2.45) is 5.92 Å². The van der Waals surface area contributed by atoms with Crippen LogP contribution < -0.4 is 5.32 Å². The fourth-order valence-corrected chi connectivity index (χ4v) is 3.23. The molecular weight excluding hydrogens is 361 g/mol. The summed E-state index contributed by atoms with van der Waals surface area (Å²) >= 11 is 2.32. The van der Waals surface area contributed by atoms with E-state index in [9.17, 15) is 0 Å². The topological polar surface area (TPSA) is 37.8 Å². The monoisotopic (exact) mass is 381 g/mol. The van der Waals surface area contributed by atoms with E-state index in [1.165, 1.54) is 25.7 Å². The molecule has 1 saturated carbocycles. The molecule has 0 amide bonds. The second-order valence-corrected chi connectivity index (χ2v) is 6.50. The van der Waals surface area contributed by atoms with Crippen molar-refractivity contribution in [1.29, 1.82) is 0 Å². The van der Waals surface area contributed by atoms with E-state index < -0.39 is 0 Å². The molecule has 0 spiro atoms. The molecule has 1 aromatic heterocycles.